The Labute approximate surface area is 187 Å². The first-order chi connectivity index (χ1) is 15.4. The van der Waals surface area contributed by atoms with E-state index in [2.05, 4.69) is 11.9 Å². The van der Waals surface area contributed by atoms with Gasteiger partial charge in [0, 0.05) is 29.5 Å². The summed E-state index contributed by atoms with van der Waals surface area (Å²) in [6, 6.07) is 7.37. The summed E-state index contributed by atoms with van der Waals surface area (Å²) >= 11 is 0. The van der Waals surface area contributed by atoms with Gasteiger partial charge in [0.1, 0.15) is 23.4 Å². The number of ether oxygens (including phenoxy) is 5. The Kier molecular flexibility index (Phi) is 4.73. The van der Waals surface area contributed by atoms with Gasteiger partial charge in [-0.25, -0.2) is 0 Å². The van der Waals surface area contributed by atoms with E-state index >= 15 is 0 Å². The van der Waals surface area contributed by atoms with Crippen molar-refractivity contribution in [2.75, 3.05) is 33.3 Å². The van der Waals surface area contributed by atoms with E-state index in [0.29, 0.717) is 41.7 Å². The highest BCUT2D eigenvalue weighted by atomic mass is 16.5. The van der Waals surface area contributed by atoms with Crippen LogP contribution in [0.2, 0.25) is 0 Å². The van der Waals surface area contributed by atoms with Crippen LogP contribution in [0.1, 0.15) is 24.5 Å². The summed E-state index contributed by atoms with van der Waals surface area (Å²) in [5.74, 6) is 3.25. The van der Waals surface area contributed by atoms with Crippen LogP contribution in [-0.4, -0.2) is 39.9 Å². The average Bonchev–Trinajstić information content (AvgIpc) is 3.41. The number of fused-ring (bicyclic) bond motifs is 4. The van der Waals surface area contributed by atoms with Crippen LogP contribution < -0.4 is 29.0 Å². The molecule has 0 spiro atoms. The lowest BCUT2D eigenvalue weighted by molar-refractivity contribution is -0.119. The van der Waals surface area contributed by atoms with Crippen LogP contribution >= 0.6 is 0 Å². The van der Waals surface area contributed by atoms with Crippen molar-refractivity contribution in [3.63, 3.8) is 0 Å². The second-order valence-corrected chi connectivity index (χ2v) is 8.62. The van der Waals surface area contributed by atoms with Gasteiger partial charge in [-0.1, -0.05) is 6.58 Å². The molecule has 0 radical (unpaired) electrons. The van der Waals surface area contributed by atoms with Crippen LogP contribution in [0.4, 0.5) is 5.69 Å². The van der Waals surface area contributed by atoms with E-state index in [4.69, 9.17) is 23.7 Å². The van der Waals surface area contributed by atoms with Gasteiger partial charge in [0.25, 0.3) is 0 Å². The number of amides is 1. The second-order valence-electron chi connectivity index (χ2n) is 8.62. The molecule has 1 amide bonds. The molecule has 2 heterocycles. The third kappa shape index (κ3) is 2.91. The van der Waals surface area contributed by atoms with Crippen LogP contribution in [-0.2, 0) is 16.6 Å². The number of hydrogen-bond acceptors (Lipinski definition) is 6. The maximum Gasteiger partial charge on any atom is 0.235 e. The van der Waals surface area contributed by atoms with Crippen molar-refractivity contribution in [2.24, 2.45) is 5.92 Å². The molecule has 0 unspecified atom stereocenters. The topological polar surface area (TPSA) is 75.3 Å². The number of methoxy groups -OCH3 is 3. The quantitative estimate of drug-likeness (QED) is 0.692. The predicted octanol–water partition coefficient (Wildman–Crippen LogP) is 3.88. The minimum atomic E-state index is -0.659. The molecule has 3 aliphatic rings. The van der Waals surface area contributed by atoms with Crippen LogP contribution in [0, 0.1) is 5.92 Å². The molecule has 2 aromatic rings. The lowest BCUT2D eigenvalue weighted by atomic mass is 9.89. The lowest BCUT2D eigenvalue weighted by Gasteiger charge is -2.27. The highest BCUT2D eigenvalue weighted by molar-refractivity contribution is 6.04. The summed E-state index contributed by atoms with van der Waals surface area (Å²) in [5.41, 5.74) is 2.71. The monoisotopic (exact) mass is 437 g/mol. The maximum absolute atomic E-state index is 13.6. The molecule has 1 aliphatic carbocycles. The molecule has 1 saturated carbocycles. The zero-order valence-corrected chi connectivity index (χ0v) is 18.7. The minimum absolute atomic E-state index is 0.0760. The Hall–Kier alpha value is -3.35. The van der Waals surface area contributed by atoms with Crippen molar-refractivity contribution in [3.05, 3.63) is 47.5 Å². The molecule has 3 atom stereocenters. The molecule has 7 nitrogen and oxygen atoms in total. The fourth-order valence-electron chi connectivity index (χ4n) is 4.91. The Balaban J connectivity index is 1.48. The van der Waals surface area contributed by atoms with E-state index in [1.807, 2.05) is 25.1 Å². The minimum Gasteiger partial charge on any atom is -0.494 e. The first kappa shape index (κ1) is 20.5. The van der Waals surface area contributed by atoms with Gasteiger partial charge in [0.15, 0.2) is 11.5 Å². The SMILES string of the molecule is C=C(C)[C@H]1Cc2c(ccc(NC(=O)[C@@]34C[C@@H]3COc3cc(OC)c(OC)cc34)c2OC)O1. The molecule has 32 heavy (non-hydrogen) atoms. The van der Waals surface area contributed by atoms with Gasteiger partial charge in [0.05, 0.1) is 39.0 Å². The molecule has 1 N–H and O–H groups in total. The molecule has 5 rings (SSSR count). The molecule has 2 aliphatic heterocycles. The number of benzene rings is 2. The summed E-state index contributed by atoms with van der Waals surface area (Å²) in [6.45, 7) is 6.44. The predicted molar refractivity (Wildman–Crippen MR) is 119 cm³/mol. The van der Waals surface area contributed by atoms with E-state index in [1.54, 1.807) is 27.4 Å². The molecule has 2 aromatic carbocycles. The third-order valence-electron chi connectivity index (χ3n) is 6.79. The van der Waals surface area contributed by atoms with Crippen LogP contribution in [0.3, 0.4) is 0 Å². The first-order valence-corrected chi connectivity index (χ1v) is 10.7. The van der Waals surface area contributed by atoms with Crippen molar-refractivity contribution >= 4 is 11.6 Å². The van der Waals surface area contributed by atoms with Crippen LogP contribution in [0.15, 0.2) is 36.4 Å². The van der Waals surface area contributed by atoms with Crippen molar-refractivity contribution < 1.29 is 28.5 Å². The number of anilines is 1. The Bertz CT molecular complexity index is 1130. The average molecular weight is 437 g/mol. The highest BCUT2D eigenvalue weighted by Gasteiger charge is 2.64. The van der Waals surface area contributed by atoms with Gasteiger partial charge >= 0.3 is 0 Å². The maximum atomic E-state index is 13.6. The van der Waals surface area contributed by atoms with Gasteiger partial charge < -0.3 is 29.0 Å². The fourth-order valence-corrected chi connectivity index (χ4v) is 4.91. The molecular weight excluding hydrogens is 410 g/mol. The van der Waals surface area contributed by atoms with Crippen LogP contribution in [0.25, 0.3) is 0 Å². The summed E-state index contributed by atoms with van der Waals surface area (Å²) in [6.07, 6.45) is 1.30. The van der Waals surface area contributed by atoms with Crippen molar-refractivity contribution in [3.8, 4) is 28.7 Å². The number of carbonyl (C=O) groups is 1. The highest BCUT2D eigenvalue weighted by Crippen LogP contribution is 2.61. The summed E-state index contributed by atoms with van der Waals surface area (Å²) in [5, 5.41) is 3.12. The number of carbonyl (C=O) groups excluding carboxylic acids is 1. The van der Waals surface area contributed by atoms with Gasteiger partial charge in [0.2, 0.25) is 5.91 Å². The van der Waals surface area contributed by atoms with Gasteiger partial charge in [-0.15, -0.1) is 0 Å². The zero-order chi connectivity index (χ0) is 22.6. The molecule has 0 aromatic heterocycles. The molecule has 1 fully saturated rings. The standard InChI is InChI=1S/C25H27NO6/c1-13(2)19-8-15-18(32-19)7-6-17(23(15)30-5)26-24(27)25-11-14(25)12-31-20-10-22(29-4)21(28-3)9-16(20)25/h6-7,9-10,14,19H,1,8,11-12H2,2-5H3,(H,26,27)/t14-,19-,25+/m1/s1. The van der Waals surface area contributed by atoms with E-state index < -0.39 is 5.41 Å². The molecule has 0 bridgehead atoms. The van der Waals surface area contributed by atoms with E-state index in [9.17, 15) is 4.79 Å². The molecular formula is C25H27NO6. The smallest absolute Gasteiger partial charge is 0.235 e. The Morgan fingerprint density at radius 1 is 1.12 bits per heavy atom. The number of rotatable bonds is 6. The second kappa shape index (κ2) is 7.36. The summed E-state index contributed by atoms with van der Waals surface area (Å²) in [4.78, 5) is 13.6. The van der Waals surface area contributed by atoms with E-state index in [0.717, 1.165) is 28.9 Å². The van der Waals surface area contributed by atoms with Gasteiger partial charge in [-0.05, 0) is 37.1 Å². The van der Waals surface area contributed by atoms with Gasteiger partial charge in [-0.2, -0.15) is 0 Å². The molecule has 7 heteroatoms. The number of nitrogens with one attached hydrogen (secondary N) is 1. The Morgan fingerprint density at radius 3 is 2.56 bits per heavy atom. The molecule has 168 valence electrons. The molecule has 0 saturated heterocycles. The van der Waals surface area contributed by atoms with Crippen LogP contribution in [0.5, 0.6) is 28.7 Å². The van der Waals surface area contributed by atoms with E-state index in [1.165, 1.54) is 0 Å². The normalized spacial score (nSPS) is 24.1. The van der Waals surface area contributed by atoms with Gasteiger partial charge in [-0.3, -0.25) is 4.79 Å². The van der Waals surface area contributed by atoms with Crippen molar-refractivity contribution in [1.82, 2.24) is 0 Å². The lowest BCUT2D eigenvalue weighted by Crippen LogP contribution is -2.34. The number of hydrogen-bond donors (Lipinski definition) is 1. The Morgan fingerprint density at radius 2 is 1.88 bits per heavy atom. The van der Waals surface area contributed by atoms with Crippen molar-refractivity contribution in [2.45, 2.75) is 31.3 Å². The first-order valence-electron chi connectivity index (χ1n) is 10.7. The summed E-state index contributed by atoms with van der Waals surface area (Å²) < 4.78 is 28.5. The largest absolute Gasteiger partial charge is 0.494 e. The summed E-state index contributed by atoms with van der Waals surface area (Å²) in [7, 11) is 4.77. The van der Waals surface area contributed by atoms with Crippen molar-refractivity contribution in [1.29, 1.82) is 0 Å². The van der Waals surface area contributed by atoms with E-state index in [-0.39, 0.29) is 17.9 Å². The zero-order valence-electron chi connectivity index (χ0n) is 18.7. The third-order valence-corrected chi connectivity index (χ3v) is 6.79. The fraction of sp³-hybridized carbons (Fsp3) is 0.400.